The standard InChI is InChI=1S/C15H23NO3/c1-9-6-11-12(7-15(3,4)8-13(11)17)16(9)10(2)14(18)19-5/h6,10,13,17H,7-8H2,1-5H3. The molecule has 2 unspecified atom stereocenters. The highest BCUT2D eigenvalue weighted by Crippen LogP contribution is 2.42. The van der Waals surface area contributed by atoms with Gasteiger partial charge in [0.1, 0.15) is 6.04 Å². The Kier molecular flexibility index (Phi) is 3.47. The van der Waals surface area contributed by atoms with Crippen LogP contribution >= 0.6 is 0 Å². The normalized spacial score (nSPS) is 22.7. The predicted octanol–water partition coefficient (Wildman–Crippen LogP) is 2.54. The number of fused-ring (bicyclic) bond motifs is 1. The van der Waals surface area contributed by atoms with E-state index < -0.39 is 6.10 Å². The minimum atomic E-state index is -0.441. The third kappa shape index (κ3) is 2.41. The first-order chi connectivity index (χ1) is 8.76. The molecule has 1 aromatic rings. The fraction of sp³-hybridized carbons (Fsp3) is 0.667. The van der Waals surface area contributed by atoms with Crippen LogP contribution in [0.3, 0.4) is 0 Å². The highest BCUT2D eigenvalue weighted by atomic mass is 16.5. The molecule has 0 saturated heterocycles. The molecule has 0 aliphatic heterocycles. The van der Waals surface area contributed by atoms with Gasteiger partial charge < -0.3 is 14.4 Å². The Hall–Kier alpha value is -1.29. The van der Waals surface area contributed by atoms with Gasteiger partial charge in [-0.05, 0) is 38.2 Å². The van der Waals surface area contributed by atoms with Crippen molar-refractivity contribution in [1.82, 2.24) is 4.57 Å². The molecule has 1 aliphatic carbocycles. The van der Waals surface area contributed by atoms with Crippen molar-refractivity contribution < 1.29 is 14.6 Å². The van der Waals surface area contributed by atoms with Crippen molar-refractivity contribution >= 4 is 5.97 Å². The van der Waals surface area contributed by atoms with Gasteiger partial charge in [-0.2, -0.15) is 0 Å². The average molecular weight is 265 g/mol. The van der Waals surface area contributed by atoms with E-state index in [1.54, 1.807) is 0 Å². The monoisotopic (exact) mass is 265 g/mol. The van der Waals surface area contributed by atoms with Crippen molar-refractivity contribution in [1.29, 1.82) is 0 Å². The van der Waals surface area contributed by atoms with Gasteiger partial charge in [-0.25, -0.2) is 4.79 Å². The Balaban J connectivity index is 2.50. The SMILES string of the molecule is COC(=O)C(C)n1c(C)cc2c1CC(C)(C)CC2O. The summed E-state index contributed by atoms with van der Waals surface area (Å²) in [6, 6.07) is 1.64. The van der Waals surface area contributed by atoms with Gasteiger partial charge in [0, 0.05) is 17.0 Å². The number of carbonyl (C=O) groups excluding carboxylic acids is 1. The quantitative estimate of drug-likeness (QED) is 0.836. The number of esters is 1. The molecule has 0 radical (unpaired) electrons. The summed E-state index contributed by atoms with van der Waals surface area (Å²) in [5, 5.41) is 10.3. The lowest BCUT2D eigenvalue weighted by molar-refractivity contribution is -0.144. The number of nitrogens with zero attached hydrogens (tertiary/aromatic N) is 1. The van der Waals surface area contributed by atoms with Crippen molar-refractivity contribution in [3.05, 3.63) is 23.0 Å². The van der Waals surface area contributed by atoms with Gasteiger partial charge >= 0.3 is 5.97 Å². The van der Waals surface area contributed by atoms with Crippen LogP contribution in [0, 0.1) is 12.3 Å². The summed E-state index contributed by atoms with van der Waals surface area (Å²) >= 11 is 0. The van der Waals surface area contributed by atoms with E-state index in [9.17, 15) is 9.90 Å². The molecular weight excluding hydrogens is 242 g/mol. The highest BCUT2D eigenvalue weighted by Gasteiger charge is 2.35. The number of methoxy groups -OCH3 is 1. The van der Waals surface area contributed by atoms with E-state index in [4.69, 9.17) is 4.74 Å². The number of carbonyl (C=O) groups is 1. The highest BCUT2D eigenvalue weighted by molar-refractivity contribution is 5.74. The molecule has 1 heterocycles. The summed E-state index contributed by atoms with van der Waals surface area (Å²) in [5.74, 6) is -0.251. The number of aromatic nitrogens is 1. The number of ether oxygens (including phenoxy) is 1. The summed E-state index contributed by atoms with van der Waals surface area (Å²) in [6.07, 6.45) is 1.19. The van der Waals surface area contributed by atoms with E-state index in [0.29, 0.717) is 0 Å². The second-order valence-electron chi connectivity index (χ2n) is 6.32. The van der Waals surface area contributed by atoms with Crippen molar-refractivity contribution in [3.8, 4) is 0 Å². The fourth-order valence-corrected chi connectivity index (χ4v) is 3.18. The second kappa shape index (κ2) is 4.67. The summed E-state index contributed by atoms with van der Waals surface area (Å²) in [4.78, 5) is 11.8. The first kappa shape index (κ1) is 14.1. The topological polar surface area (TPSA) is 51.5 Å². The molecule has 2 rings (SSSR count). The third-order valence-electron chi connectivity index (χ3n) is 4.05. The first-order valence-corrected chi connectivity index (χ1v) is 6.73. The van der Waals surface area contributed by atoms with Gasteiger partial charge in [0.15, 0.2) is 0 Å². The van der Waals surface area contributed by atoms with Crippen LogP contribution in [0.4, 0.5) is 0 Å². The minimum Gasteiger partial charge on any atom is -0.467 e. The molecule has 0 bridgehead atoms. The molecule has 0 fully saturated rings. The molecule has 106 valence electrons. The smallest absolute Gasteiger partial charge is 0.328 e. The fourth-order valence-electron chi connectivity index (χ4n) is 3.18. The number of aliphatic hydroxyl groups excluding tert-OH is 1. The molecule has 0 spiro atoms. The Morgan fingerprint density at radius 1 is 1.58 bits per heavy atom. The lowest BCUT2D eigenvalue weighted by atomic mass is 9.75. The van der Waals surface area contributed by atoms with Gasteiger partial charge in [0.25, 0.3) is 0 Å². The van der Waals surface area contributed by atoms with Crippen LogP contribution in [0.15, 0.2) is 6.07 Å². The van der Waals surface area contributed by atoms with E-state index in [1.807, 2.05) is 24.5 Å². The molecule has 1 aromatic heterocycles. The lowest BCUT2D eigenvalue weighted by Gasteiger charge is -2.34. The molecule has 19 heavy (non-hydrogen) atoms. The first-order valence-electron chi connectivity index (χ1n) is 6.73. The molecule has 1 N–H and O–H groups in total. The van der Waals surface area contributed by atoms with Crippen molar-refractivity contribution in [2.24, 2.45) is 5.41 Å². The minimum absolute atomic E-state index is 0.0464. The molecule has 4 heteroatoms. The number of aliphatic hydroxyl groups is 1. The Bertz CT molecular complexity index is 502. The predicted molar refractivity (Wildman–Crippen MR) is 73.0 cm³/mol. The number of rotatable bonds is 2. The van der Waals surface area contributed by atoms with Crippen molar-refractivity contribution in [2.45, 2.75) is 52.7 Å². The molecule has 4 nitrogen and oxygen atoms in total. The van der Waals surface area contributed by atoms with E-state index in [-0.39, 0.29) is 17.4 Å². The Morgan fingerprint density at radius 3 is 2.79 bits per heavy atom. The summed E-state index contributed by atoms with van der Waals surface area (Å²) < 4.78 is 6.84. The zero-order chi connectivity index (χ0) is 14.4. The largest absolute Gasteiger partial charge is 0.467 e. The van der Waals surface area contributed by atoms with Gasteiger partial charge in [0.05, 0.1) is 13.2 Å². The summed E-state index contributed by atoms with van der Waals surface area (Å²) in [5.41, 5.74) is 3.08. The van der Waals surface area contributed by atoms with Crippen LogP contribution in [0.5, 0.6) is 0 Å². The van der Waals surface area contributed by atoms with E-state index in [2.05, 4.69) is 13.8 Å². The second-order valence-corrected chi connectivity index (χ2v) is 6.32. The van der Waals surface area contributed by atoms with Crippen LogP contribution in [0.25, 0.3) is 0 Å². The number of hydrogen-bond donors (Lipinski definition) is 1. The van der Waals surface area contributed by atoms with Crippen LogP contribution in [-0.2, 0) is 16.0 Å². The Labute approximate surface area is 114 Å². The maximum Gasteiger partial charge on any atom is 0.328 e. The van der Waals surface area contributed by atoms with E-state index in [1.165, 1.54) is 7.11 Å². The van der Waals surface area contributed by atoms with Gasteiger partial charge in [-0.1, -0.05) is 13.8 Å². The maximum atomic E-state index is 11.8. The summed E-state index contributed by atoms with van der Waals surface area (Å²) in [7, 11) is 1.41. The lowest BCUT2D eigenvalue weighted by Crippen LogP contribution is -2.29. The van der Waals surface area contributed by atoms with Crippen molar-refractivity contribution in [2.75, 3.05) is 7.11 Å². The molecule has 0 aromatic carbocycles. The molecule has 0 saturated carbocycles. The van der Waals surface area contributed by atoms with E-state index in [0.717, 1.165) is 29.8 Å². The van der Waals surface area contributed by atoms with Crippen LogP contribution < -0.4 is 0 Å². The van der Waals surface area contributed by atoms with Gasteiger partial charge in [-0.15, -0.1) is 0 Å². The molecule has 2 atom stereocenters. The van der Waals surface area contributed by atoms with Gasteiger partial charge in [0.2, 0.25) is 0 Å². The van der Waals surface area contributed by atoms with Crippen LogP contribution in [0.2, 0.25) is 0 Å². The van der Waals surface area contributed by atoms with Crippen LogP contribution in [0.1, 0.15) is 56.3 Å². The zero-order valence-electron chi connectivity index (χ0n) is 12.4. The third-order valence-corrected chi connectivity index (χ3v) is 4.05. The van der Waals surface area contributed by atoms with Gasteiger partial charge in [-0.3, -0.25) is 0 Å². The average Bonchev–Trinajstić information content (AvgIpc) is 2.62. The number of hydrogen-bond acceptors (Lipinski definition) is 3. The van der Waals surface area contributed by atoms with E-state index >= 15 is 0 Å². The van der Waals surface area contributed by atoms with Crippen LogP contribution in [-0.4, -0.2) is 22.8 Å². The molecule has 1 aliphatic rings. The zero-order valence-corrected chi connectivity index (χ0v) is 12.4. The molecular formula is C15H23NO3. The number of aryl methyl sites for hydroxylation is 1. The Morgan fingerprint density at radius 2 is 2.21 bits per heavy atom. The maximum absolute atomic E-state index is 11.8. The molecule has 0 amide bonds. The van der Waals surface area contributed by atoms with Crippen molar-refractivity contribution in [3.63, 3.8) is 0 Å². The summed E-state index contributed by atoms with van der Waals surface area (Å²) in [6.45, 7) is 8.11.